The number of benzene rings is 1. The number of para-hydroxylation sites is 1. The van der Waals surface area contributed by atoms with Gasteiger partial charge >= 0.3 is 12.2 Å². The second kappa shape index (κ2) is 10.1. The topological polar surface area (TPSA) is 94.2 Å². The lowest BCUT2D eigenvalue weighted by Gasteiger charge is -2.28. The summed E-state index contributed by atoms with van der Waals surface area (Å²) in [5.74, 6) is 0.372. The van der Waals surface area contributed by atoms with Gasteiger partial charge in [-0.25, -0.2) is 20.0 Å². The predicted octanol–water partition coefficient (Wildman–Crippen LogP) is 4.33. The molecule has 0 saturated heterocycles. The van der Waals surface area contributed by atoms with E-state index in [0.717, 1.165) is 5.01 Å². The van der Waals surface area contributed by atoms with E-state index >= 15 is 0 Å². The molecule has 1 rings (SSSR count). The van der Waals surface area contributed by atoms with Gasteiger partial charge in [-0.05, 0) is 60.1 Å². The number of nitrogens with one attached hydrogen (secondary N) is 1. The fourth-order valence-electron chi connectivity index (χ4n) is 2.33. The molecule has 8 heteroatoms. The van der Waals surface area contributed by atoms with Crippen LogP contribution < -0.4 is 10.2 Å². The smallest absolute Gasteiger partial charge is 0.429 e. The molecule has 1 aromatic carbocycles. The molecule has 0 aromatic heterocycles. The van der Waals surface area contributed by atoms with E-state index in [1.807, 2.05) is 0 Å². The molecule has 0 heterocycles. The highest BCUT2D eigenvalue weighted by molar-refractivity contribution is 5.98. The number of nitrogens with zero attached hydrogens (tertiary/aromatic N) is 1. The summed E-state index contributed by atoms with van der Waals surface area (Å²) in [5, 5.41) is 1.02. The quantitative estimate of drug-likeness (QED) is 0.556. The zero-order valence-corrected chi connectivity index (χ0v) is 18.3. The molecule has 29 heavy (non-hydrogen) atoms. The van der Waals surface area contributed by atoms with Crippen molar-refractivity contribution in [2.45, 2.75) is 65.6 Å². The van der Waals surface area contributed by atoms with Gasteiger partial charge in [-0.3, -0.25) is 4.79 Å². The fraction of sp³-hybridized carbons (Fsp3) is 0.571. The van der Waals surface area contributed by atoms with E-state index in [9.17, 15) is 14.4 Å². The molecule has 2 amide bonds. The van der Waals surface area contributed by atoms with Crippen molar-refractivity contribution >= 4 is 18.0 Å². The molecule has 1 N–H and O–H groups in total. The average molecular weight is 408 g/mol. The summed E-state index contributed by atoms with van der Waals surface area (Å²) in [7, 11) is 1.50. The molecule has 0 radical (unpaired) electrons. The van der Waals surface area contributed by atoms with Crippen LogP contribution in [0.5, 0.6) is 5.75 Å². The highest BCUT2D eigenvalue weighted by atomic mass is 16.6. The molecule has 0 atom stereocenters. The maximum absolute atomic E-state index is 12.5. The Labute approximate surface area is 172 Å². The van der Waals surface area contributed by atoms with Crippen LogP contribution in [0, 0.1) is 0 Å². The third-order valence-corrected chi connectivity index (χ3v) is 3.43. The summed E-state index contributed by atoms with van der Waals surface area (Å²) in [5.41, 5.74) is 1.41. The lowest BCUT2D eigenvalue weighted by atomic mass is 10.1. The minimum absolute atomic E-state index is 0.0784. The van der Waals surface area contributed by atoms with E-state index < -0.39 is 23.4 Å². The van der Waals surface area contributed by atoms with E-state index in [1.165, 1.54) is 7.11 Å². The summed E-state index contributed by atoms with van der Waals surface area (Å²) in [6.07, 6.45) is -1.03. The minimum atomic E-state index is -0.778. The highest BCUT2D eigenvalue weighted by Gasteiger charge is 2.26. The summed E-state index contributed by atoms with van der Waals surface area (Å²) in [6, 6.07) is 6.94. The molecule has 0 unspecified atom stereocenters. The average Bonchev–Trinajstić information content (AvgIpc) is 2.57. The lowest BCUT2D eigenvalue weighted by Crippen LogP contribution is -2.50. The molecule has 0 spiro atoms. The zero-order chi connectivity index (χ0) is 22.2. The minimum Gasteiger partial charge on any atom is -0.496 e. The number of carbonyl (C=O) groups is 3. The molecular formula is C21H32N2O6. The maximum atomic E-state index is 12.5. The Hall–Kier alpha value is -2.77. The Morgan fingerprint density at radius 2 is 1.55 bits per heavy atom. The Balaban J connectivity index is 2.76. The van der Waals surface area contributed by atoms with E-state index in [-0.39, 0.29) is 18.7 Å². The monoisotopic (exact) mass is 408 g/mol. The van der Waals surface area contributed by atoms with Crippen LogP contribution >= 0.6 is 0 Å². The number of carbonyl (C=O) groups excluding carboxylic acids is 3. The molecule has 0 aliphatic rings. The van der Waals surface area contributed by atoms with Crippen molar-refractivity contribution in [2.24, 2.45) is 0 Å². The zero-order valence-electron chi connectivity index (χ0n) is 18.3. The van der Waals surface area contributed by atoms with Crippen LogP contribution in [0.1, 0.15) is 64.7 Å². The molecule has 1 aromatic rings. The highest BCUT2D eigenvalue weighted by Crippen LogP contribution is 2.20. The molecule has 0 bridgehead atoms. The predicted molar refractivity (Wildman–Crippen MR) is 109 cm³/mol. The number of amides is 2. The third kappa shape index (κ3) is 9.32. The van der Waals surface area contributed by atoms with Crippen LogP contribution in [0.3, 0.4) is 0 Å². The number of ketones is 1. The van der Waals surface area contributed by atoms with Gasteiger partial charge in [-0.1, -0.05) is 12.1 Å². The first kappa shape index (κ1) is 24.3. The largest absolute Gasteiger partial charge is 0.496 e. The normalized spacial score (nSPS) is 11.4. The van der Waals surface area contributed by atoms with Crippen LogP contribution in [0.25, 0.3) is 0 Å². The molecule has 162 valence electrons. The Bertz CT molecular complexity index is 719. The van der Waals surface area contributed by atoms with Crippen LogP contribution in [-0.4, -0.2) is 47.8 Å². The number of Topliss-reactive ketones (excluding diaryl/α,β-unsaturated/α-hetero) is 1. The van der Waals surface area contributed by atoms with Gasteiger partial charge in [0.25, 0.3) is 0 Å². The number of hydrogen-bond acceptors (Lipinski definition) is 6. The van der Waals surface area contributed by atoms with Crippen molar-refractivity contribution < 1.29 is 28.6 Å². The van der Waals surface area contributed by atoms with Crippen molar-refractivity contribution in [3.63, 3.8) is 0 Å². The fourth-order valence-corrected chi connectivity index (χ4v) is 2.33. The van der Waals surface area contributed by atoms with Crippen LogP contribution in [0.2, 0.25) is 0 Å². The van der Waals surface area contributed by atoms with Crippen LogP contribution in [0.4, 0.5) is 9.59 Å². The third-order valence-electron chi connectivity index (χ3n) is 3.43. The Morgan fingerprint density at radius 1 is 0.966 bits per heavy atom. The van der Waals surface area contributed by atoms with Gasteiger partial charge in [0.15, 0.2) is 5.78 Å². The van der Waals surface area contributed by atoms with Crippen molar-refractivity contribution in [1.82, 2.24) is 10.4 Å². The number of hydrazine groups is 1. The SMILES string of the molecule is COc1ccccc1C(=O)CCCN(NC(=O)OC(C)(C)C)C(=O)OC(C)(C)C. The number of hydrogen-bond donors (Lipinski definition) is 1. The van der Waals surface area contributed by atoms with Crippen molar-refractivity contribution in [3.8, 4) is 5.75 Å². The van der Waals surface area contributed by atoms with Gasteiger partial charge in [0.05, 0.1) is 12.7 Å². The Kier molecular flexibility index (Phi) is 8.48. The van der Waals surface area contributed by atoms with Gasteiger partial charge in [0, 0.05) is 13.0 Å². The maximum Gasteiger partial charge on any atom is 0.429 e. The number of methoxy groups -OCH3 is 1. The lowest BCUT2D eigenvalue weighted by molar-refractivity contribution is 0.00108. The van der Waals surface area contributed by atoms with Crippen molar-refractivity contribution in [3.05, 3.63) is 29.8 Å². The van der Waals surface area contributed by atoms with E-state index in [1.54, 1.807) is 65.8 Å². The van der Waals surface area contributed by atoms with Gasteiger partial charge < -0.3 is 14.2 Å². The van der Waals surface area contributed by atoms with Gasteiger partial charge in [-0.15, -0.1) is 0 Å². The van der Waals surface area contributed by atoms with E-state index in [2.05, 4.69) is 5.43 Å². The Morgan fingerprint density at radius 3 is 2.10 bits per heavy atom. The molecular weight excluding hydrogens is 376 g/mol. The summed E-state index contributed by atoms with van der Waals surface area (Å²) >= 11 is 0. The van der Waals surface area contributed by atoms with E-state index in [0.29, 0.717) is 17.7 Å². The second-order valence-electron chi connectivity index (χ2n) is 8.47. The first-order valence-electron chi connectivity index (χ1n) is 9.49. The van der Waals surface area contributed by atoms with E-state index in [4.69, 9.17) is 14.2 Å². The molecule has 0 saturated carbocycles. The summed E-state index contributed by atoms with van der Waals surface area (Å²) < 4.78 is 15.7. The van der Waals surface area contributed by atoms with Crippen molar-refractivity contribution in [2.75, 3.05) is 13.7 Å². The molecule has 0 fully saturated rings. The standard InChI is InChI=1S/C21H32N2O6/c1-20(2,3)28-18(25)22-23(19(26)29-21(4,5)6)14-10-12-16(24)15-11-8-9-13-17(15)27-7/h8-9,11,13H,10,12,14H2,1-7H3,(H,22,25). The number of ether oxygens (including phenoxy) is 3. The number of rotatable bonds is 6. The van der Waals surface area contributed by atoms with Crippen LogP contribution in [0.15, 0.2) is 24.3 Å². The van der Waals surface area contributed by atoms with Gasteiger partial charge in [0.1, 0.15) is 17.0 Å². The van der Waals surface area contributed by atoms with Crippen molar-refractivity contribution in [1.29, 1.82) is 0 Å². The second-order valence-corrected chi connectivity index (χ2v) is 8.47. The molecule has 0 aliphatic carbocycles. The summed E-state index contributed by atoms with van der Waals surface area (Å²) in [4.78, 5) is 37.0. The van der Waals surface area contributed by atoms with Gasteiger partial charge in [-0.2, -0.15) is 0 Å². The molecule has 8 nitrogen and oxygen atoms in total. The first-order chi connectivity index (χ1) is 13.3. The van der Waals surface area contributed by atoms with Gasteiger partial charge in [0.2, 0.25) is 0 Å². The van der Waals surface area contributed by atoms with Crippen LogP contribution in [-0.2, 0) is 9.47 Å². The molecule has 0 aliphatic heterocycles. The summed E-state index contributed by atoms with van der Waals surface area (Å²) in [6.45, 7) is 10.4. The first-order valence-corrected chi connectivity index (χ1v) is 9.49.